The predicted molar refractivity (Wildman–Crippen MR) is 83.2 cm³/mol. The quantitative estimate of drug-likeness (QED) is 0.583. The molecule has 1 heterocycles. The lowest BCUT2D eigenvalue weighted by atomic mass is 9.83. The lowest BCUT2D eigenvalue weighted by Gasteiger charge is -2.21. The van der Waals surface area contributed by atoms with Crippen molar-refractivity contribution in [3.05, 3.63) is 47.0 Å². The second kappa shape index (κ2) is 5.26. The highest BCUT2D eigenvalue weighted by Crippen LogP contribution is 2.56. The predicted octanol–water partition coefficient (Wildman–Crippen LogP) is 3.90. The Labute approximate surface area is 127 Å². The lowest BCUT2D eigenvalue weighted by molar-refractivity contribution is 0.128. The van der Waals surface area contributed by atoms with Gasteiger partial charge in [0.1, 0.15) is 11.7 Å². The molecule has 4 rings (SSSR count). The summed E-state index contributed by atoms with van der Waals surface area (Å²) >= 11 is 0. The van der Waals surface area contributed by atoms with E-state index in [4.69, 9.17) is 9.47 Å². The zero-order valence-corrected chi connectivity index (χ0v) is 12.8. The highest BCUT2D eigenvalue weighted by molar-refractivity contribution is 5.41. The topological polar surface area (TPSA) is 21.8 Å². The molecule has 0 N–H and O–H groups in total. The average molecular weight is 284 g/mol. The minimum Gasteiger partial charge on any atom is -0.379 e. The van der Waals surface area contributed by atoms with Crippen molar-refractivity contribution in [1.82, 2.24) is 0 Å². The van der Waals surface area contributed by atoms with Crippen LogP contribution in [0.15, 0.2) is 41.5 Å². The maximum absolute atomic E-state index is 6.26. The van der Waals surface area contributed by atoms with Crippen LogP contribution >= 0.6 is 0 Å². The number of benzene rings is 1. The molecule has 1 aromatic carbocycles. The summed E-state index contributed by atoms with van der Waals surface area (Å²) < 4.78 is 11.9. The average Bonchev–Trinajstić information content (AvgIpc) is 2.88. The summed E-state index contributed by atoms with van der Waals surface area (Å²) in [4.78, 5) is 0. The molecule has 3 atom stereocenters. The molecule has 3 unspecified atom stereocenters. The van der Waals surface area contributed by atoms with Gasteiger partial charge in [0.05, 0.1) is 6.61 Å². The van der Waals surface area contributed by atoms with Gasteiger partial charge in [0.15, 0.2) is 0 Å². The van der Waals surface area contributed by atoms with Crippen LogP contribution in [0.1, 0.15) is 38.2 Å². The minimum absolute atomic E-state index is 0.0406. The van der Waals surface area contributed by atoms with Crippen molar-refractivity contribution in [1.29, 1.82) is 0 Å². The zero-order chi connectivity index (χ0) is 14.3. The molecule has 2 fully saturated rings. The standard InChI is InChI=1S/C19H24O2/c1-2-20-13-18-19(21-18,12-14-6-4-3-5-7-14)17-11-15-8-9-16(17)10-15/h3-7,15,18H,2,8-13H2,1H3. The monoisotopic (exact) mass is 284 g/mol. The molecule has 0 aromatic heterocycles. The van der Waals surface area contributed by atoms with Crippen molar-refractivity contribution in [3.8, 4) is 0 Å². The maximum Gasteiger partial charge on any atom is 0.122 e. The number of allylic oxidation sites excluding steroid dienone is 1. The third-order valence-corrected chi connectivity index (χ3v) is 5.42. The fourth-order valence-electron chi connectivity index (χ4n) is 4.32. The first kappa shape index (κ1) is 13.5. The fourth-order valence-corrected chi connectivity index (χ4v) is 4.32. The second-order valence-corrected chi connectivity index (χ2v) is 6.71. The SMILES string of the molecule is CCOCC1OC1(Cc1ccccc1)C1=C2CCC(C2)C1. The molecule has 112 valence electrons. The summed E-state index contributed by atoms with van der Waals surface area (Å²) in [7, 11) is 0. The van der Waals surface area contributed by atoms with Crippen LogP contribution in [0.3, 0.4) is 0 Å². The van der Waals surface area contributed by atoms with Crippen molar-refractivity contribution in [2.75, 3.05) is 13.2 Å². The van der Waals surface area contributed by atoms with E-state index in [2.05, 4.69) is 37.3 Å². The van der Waals surface area contributed by atoms with Crippen molar-refractivity contribution < 1.29 is 9.47 Å². The Hall–Kier alpha value is -1.12. The van der Waals surface area contributed by atoms with E-state index in [9.17, 15) is 0 Å². The Morgan fingerprint density at radius 2 is 2.10 bits per heavy atom. The van der Waals surface area contributed by atoms with Crippen LogP contribution in [0.4, 0.5) is 0 Å². The summed E-state index contributed by atoms with van der Waals surface area (Å²) in [5, 5.41) is 0. The molecular formula is C19H24O2. The highest BCUT2D eigenvalue weighted by atomic mass is 16.6. The first-order valence-electron chi connectivity index (χ1n) is 8.32. The molecule has 2 bridgehead atoms. The van der Waals surface area contributed by atoms with Crippen LogP contribution < -0.4 is 0 Å². The van der Waals surface area contributed by atoms with E-state index in [0.717, 1.165) is 25.6 Å². The third-order valence-electron chi connectivity index (χ3n) is 5.42. The van der Waals surface area contributed by atoms with Gasteiger partial charge in [-0.05, 0) is 49.7 Å². The van der Waals surface area contributed by atoms with Crippen LogP contribution in [-0.4, -0.2) is 24.9 Å². The third kappa shape index (κ3) is 2.35. The molecule has 2 aliphatic carbocycles. The van der Waals surface area contributed by atoms with E-state index in [1.165, 1.54) is 31.2 Å². The van der Waals surface area contributed by atoms with E-state index in [-0.39, 0.29) is 11.7 Å². The van der Waals surface area contributed by atoms with E-state index in [0.29, 0.717) is 0 Å². The highest BCUT2D eigenvalue weighted by Gasteiger charge is 2.60. The molecule has 0 spiro atoms. The van der Waals surface area contributed by atoms with Gasteiger partial charge in [0, 0.05) is 13.0 Å². The van der Waals surface area contributed by atoms with E-state index >= 15 is 0 Å². The van der Waals surface area contributed by atoms with Crippen LogP contribution in [0.5, 0.6) is 0 Å². The number of fused-ring (bicyclic) bond motifs is 2. The molecule has 2 nitrogen and oxygen atoms in total. The molecule has 3 aliphatic rings. The van der Waals surface area contributed by atoms with Crippen LogP contribution in [0.2, 0.25) is 0 Å². The number of hydrogen-bond donors (Lipinski definition) is 0. The Morgan fingerprint density at radius 1 is 1.24 bits per heavy atom. The van der Waals surface area contributed by atoms with E-state index in [1.807, 2.05) is 0 Å². The smallest absolute Gasteiger partial charge is 0.122 e. The molecule has 0 amide bonds. The van der Waals surface area contributed by atoms with E-state index < -0.39 is 0 Å². The van der Waals surface area contributed by atoms with Gasteiger partial charge in [-0.15, -0.1) is 0 Å². The molecule has 1 saturated carbocycles. The molecule has 1 aromatic rings. The Bertz CT molecular complexity index is 548. The molecule has 1 saturated heterocycles. The molecule has 1 aliphatic heterocycles. The van der Waals surface area contributed by atoms with Crippen LogP contribution in [0.25, 0.3) is 0 Å². The summed E-state index contributed by atoms with van der Waals surface area (Å²) in [6.07, 6.45) is 6.58. The fraction of sp³-hybridized carbons (Fsp3) is 0.579. The number of epoxide rings is 1. The van der Waals surface area contributed by atoms with Crippen molar-refractivity contribution in [3.63, 3.8) is 0 Å². The first-order valence-corrected chi connectivity index (χ1v) is 8.32. The van der Waals surface area contributed by atoms with Crippen molar-refractivity contribution in [2.45, 2.75) is 50.7 Å². The van der Waals surface area contributed by atoms with Gasteiger partial charge in [0.2, 0.25) is 0 Å². The summed E-state index contributed by atoms with van der Waals surface area (Å²) in [5.74, 6) is 0.902. The first-order chi connectivity index (χ1) is 10.3. The van der Waals surface area contributed by atoms with Gasteiger partial charge in [-0.1, -0.05) is 35.9 Å². The van der Waals surface area contributed by atoms with Gasteiger partial charge >= 0.3 is 0 Å². The lowest BCUT2D eigenvalue weighted by Crippen LogP contribution is -2.25. The Morgan fingerprint density at radius 3 is 2.76 bits per heavy atom. The summed E-state index contributed by atoms with van der Waals surface area (Å²) in [5.41, 5.74) is 4.68. The van der Waals surface area contributed by atoms with Crippen molar-refractivity contribution >= 4 is 0 Å². The maximum atomic E-state index is 6.26. The normalized spacial score (nSPS) is 33.8. The second-order valence-electron chi connectivity index (χ2n) is 6.71. The Balaban J connectivity index is 1.59. The summed E-state index contributed by atoms with van der Waals surface area (Å²) in [6.45, 7) is 3.57. The minimum atomic E-state index is -0.0406. The zero-order valence-electron chi connectivity index (χ0n) is 12.8. The number of hydrogen-bond acceptors (Lipinski definition) is 2. The molecule has 21 heavy (non-hydrogen) atoms. The molecule has 0 radical (unpaired) electrons. The van der Waals surface area contributed by atoms with Gasteiger partial charge < -0.3 is 9.47 Å². The van der Waals surface area contributed by atoms with E-state index in [1.54, 1.807) is 11.1 Å². The van der Waals surface area contributed by atoms with Gasteiger partial charge in [0.25, 0.3) is 0 Å². The molecular weight excluding hydrogens is 260 g/mol. The number of ether oxygens (including phenoxy) is 2. The van der Waals surface area contributed by atoms with Gasteiger partial charge in [-0.3, -0.25) is 0 Å². The van der Waals surface area contributed by atoms with Crippen molar-refractivity contribution in [2.24, 2.45) is 5.92 Å². The van der Waals surface area contributed by atoms with Gasteiger partial charge in [-0.25, -0.2) is 0 Å². The number of rotatable bonds is 6. The largest absolute Gasteiger partial charge is 0.379 e. The Kier molecular flexibility index (Phi) is 3.39. The molecule has 2 heteroatoms. The van der Waals surface area contributed by atoms with Crippen LogP contribution in [-0.2, 0) is 15.9 Å². The summed E-state index contributed by atoms with van der Waals surface area (Å²) in [6, 6.07) is 10.8. The van der Waals surface area contributed by atoms with Crippen LogP contribution in [0, 0.1) is 5.92 Å². The van der Waals surface area contributed by atoms with Gasteiger partial charge in [-0.2, -0.15) is 0 Å².